The molecule has 0 aliphatic carbocycles. The van der Waals surface area contributed by atoms with Gasteiger partial charge < -0.3 is 5.11 Å². The molecule has 0 fully saturated rings. The van der Waals surface area contributed by atoms with Crippen LogP contribution in [0, 0.1) is 0 Å². The summed E-state index contributed by atoms with van der Waals surface area (Å²) in [7, 11) is 0. The van der Waals surface area contributed by atoms with E-state index in [0.29, 0.717) is 0 Å². The van der Waals surface area contributed by atoms with Crippen molar-refractivity contribution in [1.82, 2.24) is 14.2 Å². The van der Waals surface area contributed by atoms with Gasteiger partial charge in [0.25, 0.3) is 0 Å². The lowest BCUT2D eigenvalue weighted by Crippen LogP contribution is -1.85. The zero-order valence-electron chi connectivity index (χ0n) is 11.5. The summed E-state index contributed by atoms with van der Waals surface area (Å²) in [5.41, 5.74) is 3.01. The maximum Gasteiger partial charge on any atom is 0.328 e. The van der Waals surface area contributed by atoms with E-state index >= 15 is 0 Å². The van der Waals surface area contributed by atoms with Gasteiger partial charge in [-0.05, 0) is 47.3 Å². The Labute approximate surface area is 131 Å². The first-order chi connectivity index (χ1) is 10.7. The maximum atomic E-state index is 10.5. The Kier molecular flexibility index (Phi) is 4.11. The van der Waals surface area contributed by atoms with Crippen LogP contribution in [-0.4, -0.2) is 25.2 Å². The van der Waals surface area contributed by atoms with E-state index in [9.17, 15) is 4.79 Å². The van der Waals surface area contributed by atoms with Crippen LogP contribution in [0.15, 0.2) is 66.1 Å². The molecule has 3 rings (SSSR count). The van der Waals surface area contributed by atoms with Crippen LogP contribution in [0.5, 0.6) is 0 Å². The molecule has 1 aromatic carbocycles. The van der Waals surface area contributed by atoms with Crippen LogP contribution in [0.1, 0.15) is 5.56 Å². The van der Waals surface area contributed by atoms with E-state index in [2.05, 4.69) is 10.2 Å². The fraction of sp³-hybridized carbons (Fsp3) is 0. The second kappa shape index (κ2) is 6.36. The van der Waals surface area contributed by atoms with Gasteiger partial charge in [0.2, 0.25) is 0 Å². The molecule has 5 nitrogen and oxygen atoms in total. The Bertz CT molecular complexity index is 789. The van der Waals surface area contributed by atoms with Crippen molar-refractivity contribution in [2.24, 2.45) is 0 Å². The standard InChI is InChI=1S/C16H13N3O2S/c20-16(21)6-1-12-7-8-19(11-12)22-15-4-2-13(3-5-15)14-9-17-18-10-14/h1-11H,(H,17,18)(H,20,21). The SMILES string of the molecule is O=C(O)C=Cc1ccn(Sc2ccc(-c3cn[nH]c3)cc2)c1. The topological polar surface area (TPSA) is 70.9 Å². The van der Waals surface area contributed by atoms with Crippen molar-refractivity contribution in [3.05, 3.63) is 66.8 Å². The zero-order chi connectivity index (χ0) is 15.4. The van der Waals surface area contributed by atoms with Crippen LogP contribution < -0.4 is 0 Å². The van der Waals surface area contributed by atoms with Gasteiger partial charge in [-0.1, -0.05) is 12.1 Å². The average molecular weight is 311 g/mol. The lowest BCUT2D eigenvalue weighted by molar-refractivity contribution is -0.131. The van der Waals surface area contributed by atoms with E-state index in [-0.39, 0.29) is 0 Å². The second-order valence-corrected chi connectivity index (χ2v) is 5.65. The number of carboxylic acids is 1. The van der Waals surface area contributed by atoms with Crippen molar-refractivity contribution in [3.8, 4) is 11.1 Å². The largest absolute Gasteiger partial charge is 0.478 e. The molecule has 22 heavy (non-hydrogen) atoms. The normalized spacial score (nSPS) is 11.1. The van der Waals surface area contributed by atoms with E-state index in [0.717, 1.165) is 27.7 Å². The number of carbonyl (C=O) groups is 1. The first-order valence-corrected chi connectivity index (χ1v) is 7.34. The summed E-state index contributed by atoms with van der Waals surface area (Å²) >= 11 is 1.56. The molecule has 0 saturated carbocycles. The molecule has 0 atom stereocenters. The monoisotopic (exact) mass is 311 g/mol. The molecule has 2 N–H and O–H groups in total. The molecule has 2 aromatic heterocycles. The predicted octanol–water partition coefficient (Wildman–Crippen LogP) is 3.53. The van der Waals surface area contributed by atoms with Crippen molar-refractivity contribution >= 4 is 24.0 Å². The summed E-state index contributed by atoms with van der Waals surface area (Å²) in [5.74, 6) is -0.949. The summed E-state index contributed by atoms with van der Waals surface area (Å²) in [5, 5.41) is 15.4. The Morgan fingerprint density at radius 3 is 2.73 bits per heavy atom. The van der Waals surface area contributed by atoms with E-state index in [4.69, 9.17) is 5.11 Å². The number of carboxylic acid groups (broad SMARTS) is 1. The zero-order valence-corrected chi connectivity index (χ0v) is 12.3. The highest BCUT2D eigenvalue weighted by atomic mass is 32.2. The van der Waals surface area contributed by atoms with E-state index in [1.165, 1.54) is 0 Å². The Balaban J connectivity index is 1.70. The fourth-order valence-corrected chi connectivity index (χ4v) is 2.75. The number of nitrogens with one attached hydrogen (secondary N) is 1. The number of H-pyrrole nitrogens is 1. The minimum Gasteiger partial charge on any atom is -0.478 e. The molecular weight excluding hydrogens is 298 g/mol. The Morgan fingerprint density at radius 1 is 1.23 bits per heavy atom. The van der Waals surface area contributed by atoms with Crippen LogP contribution in [-0.2, 0) is 4.79 Å². The molecule has 0 aliphatic rings. The quantitative estimate of drug-likeness (QED) is 0.707. The third-order valence-corrected chi connectivity index (χ3v) is 3.93. The van der Waals surface area contributed by atoms with Gasteiger partial charge in [-0.25, -0.2) is 4.79 Å². The number of rotatable bonds is 5. The number of aromatic nitrogens is 3. The number of aliphatic carboxylic acids is 1. The van der Waals surface area contributed by atoms with Gasteiger partial charge >= 0.3 is 5.97 Å². The number of hydrogen-bond donors (Lipinski definition) is 2. The summed E-state index contributed by atoms with van der Waals surface area (Å²) in [4.78, 5) is 11.6. The van der Waals surface area contributed by atoms with Crippen LogP contribution in [0.25, 0.3) is 17.2 Å². The number of hydrogen-bond acceptors (Lipinski definition) is 3. The molecule has 3 aromatic rings. The molecule has 6 heteroatoms. The van der Waals surface area contributed by atoms with Crippen LogP contribution >= 0.6 is 11.9 Å². The minimum atomic E-state index is -0.949. The van der Waals surface area contributed by atoms with Crippen molar-refractivity contribution < 1.29 is 9.90 Å². The van der Waals surface area contributed by atoms with E-state index in [1.807, 2.05) is 52.9 Å². The molecule has 110 valence electrons. The highest BCUT2D eigenvalue weighted by Gasteiger charge is 2.01. The van der Waals surface area contributed by atoms with Crippen LogP contribution in [0.3, 0.4) is 0 Å². The summed E-state index contributed by atoms with van der Waals surface area (Å²) < 4.78 is 1.94. The second-order valence-electron chi connectivity index (χ2n) is 4.58. The smallest absolute Gasteiger partial charge is 0.328 e. The van der Waals surface area contributed by atoms with Crippen LogP contribution in [0.2, 0.25) is 0 Å². The maximum absolute atomic E-state index is 10.5. The Hall–Kier alpha value is -2.73. The van der Waals surface area contributed by atoms with Crippen molar-refractivity contribution in [2.45, 2.75) is 4.90 Å². The first-order valence-electron chi connectivity index (χ1n) is 6.57. The lowest BCUT2D eigenvalue weighted by atomic mass is 10.1. The van der Waals surface area contributed by atoms with Gasteiger partial charge in [0, 0.05) is 35.1 Å². The van der Waals surface area contributed by atoms with Gasteiger partial charge in [-0.2, -0.15) is 5.10 Å². The molecule has 0 aliphatic heterocycles. The molecule has 0 amide bonds. The number of nitrogens with zero attached hydrogens (tertiary/aromatic N) is 2. The average Bonchev–Trinajstić information content (AvgIpc) is 3.17. The molecule has 2 heterocycles. The molecule has 0 radical (unpaired) electrons. The van der Waals surface area contributed by atoms with E-state index < -0.39 is 5.97 Å². The summed E-state index contributed by atoms with van der Waals surface area (Å²) in [6.07, 6.45) is 10.1. The Morgan fingerprint density at radius 2 is 2.05 bits per heavy atom. The minimum absolute atomic E-state index is 0.852. The predicted molar refractivity (Wildman–Crippen MR) is 86.4 cm³/mol. The number of benzene rings is 1. The van der Waals surface area contributed by atoms with Crippen molar-refractivity contribution in [3.63, 3.8) is 0 Å². The van der Waals surface area contributed by atoms with Crippen LogP contribution in [0.4, 0.5) is 0 Å². The molecule has 0 saturated heterocycles. The third-order valence-electron chi connectivity index (χ3n) is 3.01. The van der Waals surface area contributed by atoms with Gasteiger partial charge in [0.05, 0.1) is 6.20 Å². The highest BCUT2D eigenvalue weighted by molar-refractivity contribution is 7.97. The van der Waals surface area contributed by atoms with Gasteiger partial charge in [-0.15, -0.1) is 0 Å². The molecule has 0 spiro atoms. The lowest BCUT2D eigenvalue weighted by Gasteiger charge is -2.03. The highest BCUT2D eigenvalue weighted by Crippen LogP contribution is 2.25. The summed E-state index contributed by atoms with van der Waals surface area (Å²) in [6, 6.07) is 10.0. The van der Waals surface area contributed by atoms with Gasteiger partial charge in [0.15, 0.2) is 0 Å². The molecule has 0 unspecified atom stereocenters. The third kappa shape index (κ3) is 3.48. The molecule has 0 bridgehead atoms. The summed E-state index contributed by atoms with van der Waals surface area (Å²) in [6.45, 7) is 0. The fourth-order valence-electron chi connectivity index (χ4n) is 1.95. The van der Waals surface area contributed by atoms with Crippen molar-refractivity contribution in [1.29, 1.82) is 0 Å². The van der Waals surface area contributed by atoms with E-state index in [1.54, 1.807) is 24.2 Å². The van der Waals surface area contributed by atoms with Crippen molar-refractivity contribution in [2.75, 3.05) is 0 Å². The van der Waals surface area contributed by atoms with Gasteiger partial charge in [0.1, 0.15) is 0 Å². The number of aromatic amines is 1. The first kappa shape index (κ1) is 14.2. The van der Waals surface area contributed by atoms with Gasteiger partial charge in [-0.3, -0.25) is 9.07 Å². The molecular formula is C16H13N3O2S.